The van der Waals surface area contributed by atoms with Crippen LogP contribution in [-0.4, -0.2) is 89.0 Å². The Hall–Kier alpha value is -4.54. The monoisotopic (exact) mass is 853 g/mol. The first-order valence-electron chi connectivity index (χ1n) is 16.9. The number of benzene rings is 2. The number of ether oxygens (including phenoxy) is 3. The molecule has 5 N–H and O–H groups in total. The molecule has 0 aliphatic carbocycles. The summed E-state index contributed by atoms with van der Waals surface area (Å²) in [5, 5.41) is 9.54. The normalized spacial score (nSPS) is 31.9. The smallest absolute Gasteiger partial charge is 0.472 e. The second-order valence-electron chi connectivity index (χ2n) is 12.8. The van der Waals surface area contributed by atoms with Crippen LogP contribution >= 0.6 is 26.0 Å². The van der Waals surface area contributed by atoms with E-state index in [0.717, 1.165) is 18.6 Å². The lowest BCUT2D eigenvalue weighted by molar-refractivity contribution is -0.0620. The van der Waals surface area contributed by atoms with Crippen molar-refractivity contribution in [3.05, 3.63) is 99.9 Å². The fourth-order valence-corrected chi connectivity index (χ4v) is 10.6. The first kappa shape index (κ1) is 39.3. The first-order chi connectivity index (χ1) is 27.3. The van der Waals surface area contributed by atoms with Crippen LogP contribution in [0.25, 0.3) is 11.2 Å². The van der Waals surface area contributed by atoms with Crippen LogP contribution in [0.2, 0.25) is 0 Å². The third-order valence-electron chi connectivity index (χ3n) is 9.01. The number of nitrogens with two attached hydrogens (primary N) is 1. The van der Waals surface area contributed by atoms with E-state index in [4.69, 9.17) is 38.0 Å². The number of aromatic hydroxyl groups is 1. The fraction of sp³-hybridized carbons (Fsp3) is 0.344. The number of H-pyrrole nitrogens is 1. The maximum Gasteiger partial charge on any atom is 0.472 e. The lowest BCUT2D eigenvalue weighted by Gasteiger charge is -2.27. The molecule has 0 radical (unpaired) electrons. The lowest BCUT2D eigenvalue weighted by atomic mass is 10.1. The van der Waals surface area contributed by atoms with E-state index in [-0.39, 0.29) is 28.5 Å². The summed E-state index contributed by atoms with van der Waals surface area (Å²) in [5.41, 5.74) is 4.91. The number of alkyl halides is 2. The molecule has 25 heteroatoms. The molecule has 0 amide bonds. The number of hydrogen-bond acceptors (Lipinski definition) is 17. The number of phenolic OH excluding ortho intramolecular Hbond substituents is 1. The van der Waals surface area contributed by atoms with Gasteiger partial charge in [0.15, 0.2) is 36.3 Å². The second kappa shape index (κ2) is 15.7. The minimum absolute atomic E-state index is 0.00448. The number of nitrogens with zero attached hydrogens (tertiary/aromatic N) is 5. The van der Waals surface area contributed by atoms with Gasteiger partial charge < -0.3 is 29.9 Å². The first-order valence-corrected chi connectivity index (χ1v) is 21.5. The van der Waals surface area contributed by atoms with Crippen molar-refractivity contribution in [1.82, 2.24) is 29.1 Å². The number of nitrogen functional groups attached to an aromatic ring is 1. The molecule has 2 aromatic carbocycles. The van der Waals surface area contributed by atoms with Gasteiger partial charge >= 0.3 is 20.3 Å². The van der Waals surface area contributed by atoms with E-state index < -0.39 is 88.3 Å². The molecule has 20 nitrogen and oxygen atoms in total. The van der Waals surface area contributed by atoms with Crippen molar-refractivity contribution in [3.63, 3.8) is 0 Å². The number of rotatable bonds is 7. The Balaban J connectivity index is 1.11. The minimum atomic E-state index is -5.26. The highest BCUT2D eigenvalue weighted by Gasteiger charge is 2.55. The maximum absolute atomic E-state index is 16.5. The van der Waals surface area contributed by atoms with Crippen LogP contribution < -0.4 is 21.7 Å². The van der Waals surface area contributed by atoms with Crippen molar-refractivity contribution in [3.8, 4) is 17.2 Å². The van der Waals surface area contributed by atoms with Gasteiger partial charge in [0.1, 0.15) is 53.5 Å². The molecular weight excluding hydrogens is 822 g/mol. The van der Waals surface area contributed by atoms with Crippen molar-refractivity contribution in [1.29, 1.82) is 0 Å². The van der Waals surface area contributed by atoms with Gasteiger partial charge in [-0.05, 0) is 53.3 Å². The number of fused-ring (bicyclic) bond motifs is 4. The van der Waals surface area contributed by atoms with Crippen molar-refractivity contribution in [2.45, 2.75) is 55.0 Å². The minimum Gasteiger partial charge on any atom is -0.508 e. The van der Waals surface area contributed by atoms with E-state index in [1.54, 1.807) is 36.4 Å². The van der Waals surface area contributed by atoms with E-state index in [1.165, 1.54) is 23.0 Å². The van der Waals surface area contributed by atoms with E-state index in [1.807, 2.05) is 4.98 Å². The topological polar surface area (TPSA) is 264 Å². The molecular formula is C32H31F2N7O13P2S. The Morgan fingerprint density at radius 2 is 1.58 bits per heavy atom. The number of nitrogens with one attached hydrogen (secondary N) is 1. The average molecular weight is 854 g/mol. The molecule has 0 saturated carbocycles. The maximum atomic E-state index is 16.5. The molecule has 302 valence electrons. The highest BCUT2D eigenvalue weighted by molar-refractivity contribution is 8.54. The van der Waals surface area contributed by atoms with Crippen LogP contribution in [0.3, 0.4) is 0 Å². The predicted octanol–water partition coefficient (Wildman–Crippen LogP) is 3.89. The van der Waals surface area contributed by atoms with Crippen LogP contribution in [0, 0.1) is 0 Å². The van der Waals surface area contributed by atoms with Crippen molar-refractivity contribution in [2.24, 2.45) is 0 Å². The molecule has 2 unspecified atom stereocenters. The van der Waals surface area contributed by atoms with Crippen LogP contribution in [0.5, 0.6) is 17.2 Å². The Morgan fingerprint density at radius 3 is 2.32 bits per heavy atom. The molecule has 3 aliphatic heterocycles. The van der Waals surface area contributed by atoms with Crippen LogP contribution in [0.15, 0.2) is 83.0 Å². The number of phosphoric ester groups is 1. The van der Waals surface area contributed by atoms with E-state index in [0.29, 0.717) is 33.0 Å². The van der Waals surface area contributed by atoms with Gasteiger partial charge in [0.25, 0.3) is 5.56 Å². The third-order valence-corrected chi connectivity index (χ3v) is 13.6. The van der Waals surface area contributed by atoms with Crippen LogP contribution in [-0.2, 0) is 42.5 Å². The number of aromatic nitrogens is 6. The van der Waals surface area contributed by atoms with Gasteiger partial charge in [-0.1, -0.05) is 12.1 Å². The number of aromatic amines is 1. The Labute approximate surface area is 322 Å². The molecule has 2 bridgehead atoms. The summed E-state index contributed by atoms with van der Waals surface area (Å²) in [6.45, 7) is -6.40. The molecule has 3 fully saturated rings. The van der Waals surface area contributed by atoms with Crippen molar-refractivity contribution in [2.75, 3.05) is 18.9 Å². The van der Waals surface area contributed by atoms with Crippen molar-refractivity contribution < 1.29 is 60.2 Å². The Kier molecular flexibility index (Phi) is 10.8. The quantitative estimate of drug-likeness (QED) is 0.169. The molecule has 6 heterocycles. The van der Waals surface area contributed by atoms with Crippen LogP contribution in [0.1, 0.15) is 18.0 Å². The summed E-state index contributed by atoms with van der Waals surface area (Å²) in [6.07, 6.45) is -11.6. The SMILES string of the molecule is Nc1ncnc2c1ncn2[C@@H]1O[C@@H]2COP(=O)(O)O[C@H]3[C@@H](F)[C@H](n4ccc(=O)[nH]c4=O)O[C@@H]3COP(=O)(SCc3ccc(Oc4ccc(O)cc4)cc3)O[C@@H]1[C@@H]2F. The molecule has 3 aliphatic rings. The van der Waals surface area contributed by atoms with Gasteiger partial charge in [0, 0.05) is 18.0 Å². The number of hydrogen-bond donors (Lipinski definition) is 4. The summed E-state index contributed by atoms with van der Waals surface area (Å²) in [6, 6.07) is 13.6. The molecule has 10 atom stereocenters. The van der Waals surface area contributed by atoms with Gasteiger partial charge in [-0.3, -0.25) is 37.0 Å². The third kappa shape index (κ3) is 8.26. The summed E-state index contributed by atoms with van der Waals surface area (Å²) in [7, 11) is -5.26. The summed E-state index contributed by atoms with van der Waals surface area (Å²) in [4.78, 5) is 49.2. The highest BCUT2D eigenvalue weighted by atomic mass is 32.7. The Bertz CT molecular complexity index is 2480. The number of halogens is 2. The lowest BCUT2D eigenvalue weighted by Crippen LogP contribution is -2.36. The molecule has 3 saturated heterocycles. The molecule has 3 aromatic heterocycles. The molecule has 57 heavy (non-hydrogen) atoms. The number of phenols is 1. The summed E-state index contributed by atoms with van der Waals surface area (Å²) < 4.78 is 102. The predicted molar refractivity (Wildman–Crippen MR) is 194 cm³/mol. The highest BCUT2D eigenvalue weighted by Crippen LogP contribution is 2.65. The van der Waals surface area contributed by atoms with E-state index in [2.05, 4.69) is 15.0 Å². The zero-order chi connectivity index (χ0) is 40.1. The standard InChI is InChI=1S/C32H31F2N7O13P2S/c33-23-20-11-48-55(45,46)53-26-21(52-30(24(26)34)40-10-9-22(43)39-32(40)44)12-49-56(47,54-27(23)31(51-20)41-15-38-25-28(35)36-14-37-29(25)41)57-13-16-1-5-18(6-2-16)50-19-7-3-17(42)4-8-19/h1-10,14-15,20-21,23-24,26-27,30-31,42H,11-13H2,(H,45,46)(H2,35,36,37)(H,39,43,44)/t20-,21-,23-,24-,26-,27-,30-,31-,56?/m1/s1. The molecule has 8 rings (SSSR count). The van der Waals surface area contributed by atoms with Crippen LogP contribution in [0.4, 0.5) is 14.6 Å². The molecule has 5 aromatic rings. The second-order valence-corrected chi connectivity index (χ2v) is 18.2. The van der Waals surface area contributed by atoms with Gasteiger partial charge in [0.2, 0.25) is 0 Å². The van der Waals surface area contributed by atoms with Crippen molar-refractivity contribution >= 4 is 43.0 Å². The average Bonchev–Trinajstić information content (AvgIpc) is 3.84. The van der Waals surface area contributed by atoms with E-state index >= 15 is 8.78 Å². The summed E-state index contributed by atoms with van der Waals surface area (Å²) >= 11 is 0.630. The zero-order valence-electron chi connectivity index (χ0n) is 28.9. The fourth-order valence-electron chi connectivity index (χ4n) is 6.25. The van der Waals surface area contributed by atoms with E-state index in [9.17, 15) is 28.7 Å². The van der Waals surface area contributed by atoms with Gasteiger partial charge in [-0.15, -0.1) is 0 Å². The van der Waals surface area contributed by atoms with Gasteiger partial charge in [-0.25, -0.2) is 37.7 Å². The van der Waals surface area contributed by atoms with Gasteiger partial charge in [-0.2, -0.15) is 0 Å². The van der Waals surface area contributed by atoms with Gasteiger partial charge in [0.05, 0.1) is 19.5 Å². The largest absolute Gasteiger partial charge is 0.508 e. The zero-order valence-corrected chi connectivity index (χ0v) is 31.5. The Morgan fingerprint density at radius 1 is 0.877 bits per heavy atom. The number of anilines is 1. The number of imidazole rings is 1. The summed E-state index contributed by atoms with van der Waals surface area (Å²) in [5.74, 6) is 0.899. The molecule has 0 spiro atoms. The number of phosphoric acid groups is 1.